The predicted octanol–water partition coefficient (Wildman–Crippen LogP) is 23.8. The van der Waals surface area contributed by atoms with Crippen molar-refractivity contribution in [3.05, 3.63) is 85.1 Å². The Labute approximate surface area is 550 Å². The van der Waals surface area contributed by atoms with Gasteiger partial charge in [0.15, 0.2) is 6.10 Å². The van der Waals surface area contributed by atoms with E-state index in [0.29, 0.717) is 17.4 Å². The molecule has 0 aromatic heterocycles. The number of esters is 2. The first kappa shape index (κ1) is 85.5. The SMILES string of the molecule is CC/C=C\C/C=C\C/C=C\C/C=C\C/C=C\CCCCCCCCCCCCCCCCCCCCCCCCCCCC(=O)OC(COC(=O)CCCCCCCCCCCCC/C=C\C/C=C\CCCCCCC)COC(OCC[N+](C)(C)C)C(=O)O. The molecule has 0 saturated carbocycles. The third kappa shape index (κ3) is 71.8. The highest BCUT2D eigenvalue weighted by atomic mass is 16.7. The van der Waals surface area contributed by atoms with Gasteiger partial charge in [-0.25, -0.2) is 4.79 Å². The maximum atomic E-state index is 13.0. The predicted molar refractivity (Wildman–Crippen MR) is 382 cm³/mol. The first-order chi connectivity index (χ1) is 43.6. The molecular formula is C80H144NO8+. The molecule has 2 atom stereocenters. The number of carboxylic acids is 1. The van der Waals surface area contributed by atoms with Crippen LogP contribution in [0.1, 0.15) is 348 Å². The van der Waals surface area contributed by atoms with Crippen molar-refractivity contribution in [2.24, 2.45) is 0 Å². The second kappa shape index (κ2) is 70.3. The number of hydrogen-bond acceptors (Lipinski definition) is 7. The van der Waals surface area contributed by atoms with E-state index in [1.54, 1.807) is 0 Å². The van der Waals surface area contributed by atoms with Crippen molar-refractivity contribution in [3.63, 3.8) is 0 Å². The average Bonchev–Trinajstić information content (AvgIpc) is 3.64. The maximum absolute atomic E-state index is 13.0. The Morgan fingerprint density at radius 1 is 0.348 bits per heavy atom. The summed E-state index contributed by atoms with van der Waals surface area (Å²) in [6.07, 6.45) is 92.9. The van der Waals surface area contributed by atoms with Crippen LogP contribution in [0.2, 0.25) is 0 Å². The van der Waals surface area contributed by atoms with Gasteiger partial charge in [0.05, 0.1) is 34.4 Å². The van der Waals surface area contributed by atoms with Crippen LogP contribution in [0.15, 0.2) is 85.1 Å². The van der Waals surface area contributed by atoms with Crippen molar-refractivity contribution in [2.75, 3.05) is 47.5 Å². The highest BCUT2D eigenvalue weighted by molar-refractivity contribution is 5.71. The maximum Gasteiger partial charge on any atom is 0.361 e. The molecule has 89 heavy (non-hydrogen) atoms. The monoisotopic (exact) mass is 1250 g/mol. The Morgan fingerprint density at radius 2 is 0.640 bits per heavy atom. The molecule has 0 aliphatic rings. The second-order valence-corrected chi connectivity index (χ2v) is 26.6. The van der Waals surface area contributed by atoms with E-state index >= 15 is 0 Å². The minimum atomic E-state index is -1.51. The fourth-order valence-corrected chi connectivity index (χ4v) is 10.9. The van der Waals surface area contributed by atoms with Gasteiger partial charge in [0, 0.05) is 12.8 Å². The van der Waals surface area contributed by atoms with Gasteiger partial charge in [-0.05, 0) is 89.9 Å². The number of carbonyl (C=O) groups is 3. The van der Waals surface area contributed by atoms with E-state index in [1.165, 1.54) is 244 Å². The van der Waals surface area contributed by atoms with Crippen LogP contribution < -0.4 is 0 Å². The van der Waals surface area contributed by atoms with Crippen LogP contribution in [-0.2, 0) is 33.3 Å². The van der Waals surface area contributed by atoms with Crippen molar-refractivity contribution < 1.29 is 42.9 Å². The van der Waals surface area contributed by atoms with Crippen molar-refractivity contribution in [3.8, 4) is 0 Å². The lowest BCUT2D eigenvalue weighted by atomic mass is 10.0. The molecule has 0 rings (SSSR count). The zero-order valence-electron chi connectivity index (χ0n) is 59.1. The summed E-state index contributed by atoms with van der Waals surface area (Å²) in [6, 6.07) is 0. The molecule has 0 fully saturated rings. The van der Waals surface area contributed by atoms with Gasteiger partial charge in [0.1, 0.15) is 13.2 Å². The summed E-state index contributed by atoms with van der Waals surface area (Å²) in [5.41, 5.74) is 0. The number of hydrogen-bond donors (Lipinski definition) is 1. The summed E-state index contributed by atoms with van der Waals surface area (Å²) in [5.74, 6) is -1.99. The first-order valence-electron chi connectivity index (χ1n) is 37.8. The lowest BCUT2D eigenvalue weighted by Gasteiger charge is -2.25. The summed E-state index contributed by atoms with van der Waals surface area (Å²) in [4.78, 5) is 37.7. The van der Waals surface area contributed by atoms with Crippen LogP contribution in [0.5, 0.6) is 0 Å². The number of rotatable bonds is 70. The van der Waals surface area contributed by atoms with Crippen LogP contribution in [0, 0.1) is 0 Å². The molecule has 1 N–H and O–H groups in total. The molecule has 0 aromatic rings. The van der Waals surface area contributed by atoms with Gasteiger partial charge in [0.2, 0.25) is 0 Å². The zero-order valence-corrected chi connectivity index (χ0v) is 59.1. The van der Waals surface area contributed by atoms with E-state index in [1.807, 2.05) is 21.1 Å². The summed E-state index contributed by atoms with van der Waals surface area (Å²) in [7, 11) is 5.99. The number of carbonyl (C=O) groups excluding carboxylic acids is 2. The molecule has 0 spiro atoms. The molecule has 9 heteroatoms. The van der Waals surface area contributed by atoms with Gasteiger partial charge in [-0.15, -0.1) is 0 Å². The lowest BCUT2D eigenvalue weighted by Crippen LogP contribution is -2.40. The van der Waals surface area contributed by atoms with Crippen LogP contribution in [0.4, 0.5) is 0 Å². The van der Waals surface area contributed by atoms with E-state index in [9.17, 15) is 19.5 Å². The van der Waals surface area contributed by atoms with Crippen LogP contribution >= 0.6 is 0 Å². The fourth-order valence-electron chi connectivity index (χ4n) is 10.9. The minimum absolute atomic E-state index is 0.181. The quantitative estimate of drug-likeness (QED) is 0.0211. The molecule has 0 aromatic carbocycles. The number of allylic oxidation sites excluding steroid dienone is 14. The van der Waals surface area contributed by atoms with Crippen LogP contribution in [-0.4, -0.2) is 87.4 Å². The van der Waals surface area contributed by atoms with Gasteiger partial charge in [-0.2, -0.15) is 0 Å². The van der Waals surface area contributed by atoms with E-state index < -0.39 is 18.4 Å². The van der Waals surface area contributed by atoms with Gasteiger partial charge in [0.25, 0.3) is 6.29 Å². The van der Waals surface area contributed by atoms with E-state index in [0.717, 1.165) is 77.0 Å². The number of quaternary nitrogens is 1. The molecule has 9 nitrogen and oxygen atoms in total. The van der Waals surface area contributed by atoms with E-state index in [-0.39, 0.29) is 38.2 Å². The second-order valence-electron chi connectivity index (χ2n) is 26.6. The molecule has 0 heterocycles. The Balaban J connectivity index is 3.98. The Hall–Kier alpha value is -3.53. The summed E-state index contributed by atoms with van der Waals surface area (Å²) in [6.45, 7) is 4.80. The Bertz CT molecular complexity index is 1740. The molecule has 516 valence electrons. The third-order valence-electron chi connectivity index (χ3n) is 16.6. The average molecular weight is 1250 g/mol. The number of aliphatic carboxylic acids is 1. The Kier molecular flexibility index (Phi) is 67.6. The molecule has 0 radical (unpaired) electrons. The number of nitrogens with zero attached hydrogens (tertiary/aromatic N) is 1. The topological polar surface area (TPSA) is 108 Å². The standard InChI is InChI=1S/C80H143NO8/c1-6-8-10-12-14-16-18-20-22-24-26-28-30-31-32-33-34-35-36-37-38-39-40-41-42-43-44-45-46-47-49-51-53-55-57-59-61-63-65-67-69-71-78(83)89-76(75-88-80(79(84)85)86-73-72-81(3,4)5)74-87-77(82)70-68-66-64-62-60-58-56-54-52-50-48-29-27-25-23-21-19-17-15-13-11-9-7-2/h8,10,14,16,19-22,25-28,31-32,76,80H,6-7,9,11-13,15,17-18,23-24,29-30,33-75H2,1-5H3/p+1/b10-8-,16-14-,21-19-,22-20-,27-25-,28-26-,32-31-. The Morgan fingerprint density at radius 3 is 0.955 bits per heavy atom. The summed E-state index contributed by atoms with van der Waals surface area (Å²) in [5, 5.41) is 9.76. The molecule has 0 bridgehead atoms. The van der Waals surface area contributed by atoms with Crippen molar-refractivity contribution in [1.29, 1.82) is 0 Å². The highest BCUT2D eigenvalue weighted by Gasteiger charge is 2.25. The minimum Gasteiger partial charge on any atom is -0.477 e. The summed E-state index contributed by atoms with van der Waals surface area (Å²) < 4.78 is 23.0. The zero-order chi connectivity index (χ0) is 64.7. The lowest BCUT2D eigenvalue weighted by molar-refractivity contribution is -0.870. The first-order valence-corrected chi connectivity index (χ1v) is 37.8. The third-order valence-corrected chi connectivity index (χ3v) is 16.6. The smallest absolute Gasteiger partial charge is 0.361 e. The largest absolute Gasteiger partial charge is 0.477 e. The molecule has 0 aliphatic heterocycles. The number of likely N-dealkylation sites (N-methyl/N-ethyl adjacent to an activating group) is 1. The number of ether oxygens (including phenoxy) is 4. The van der Waals surface area contributed by atoms with Crippen molar-refractivity contribution >= 4 is 17.9 Å². The van der Waals surface area contributed by atoms with Crippen LogP contribution in [0.25, 0.3) is 0 Å². The van der Waals surface area contributed by atoms with Gasteiger partial charge in [-0.1, -0.05) is 330 Å². The van der Waals surface area contributed by atoms with Gasteiger partial charge >= 0.3 is 17.9 Å². The summed E-state index contributed by atoms with van der Waals surface area (Å²) >= 11 is 0. The molecule has 0 saturated heterocycles. The number of unbranched alkanes of at least 4 members (excludes halogenated alkanes) is 41. The molecular weight excluding hydrogens is 1100 g/mol. The van der Waals surface area contributed by atoms with Gasteiger partial charge in [-0.3, -0.25) is 9.59 Å². The van der Waals surface area contributed by atoms with Crippen LogP contribution in [0.3, 0.4) is 0 Å². The highest BCUT2D eigenvalue weighted by Crippen LogP contribution is 2.19. The number of carboxylic acid groups (broad SMARTS) is 1. The molecule has 0 aliphatic carbocycles. The normalized spacial score (nSPS) is 13.1. The van der Waals surface area contributed by atoms with E-state index in [4.69, 9.17) is 18.9 Å². The van der Waals surface area contributed by atoms with Gasteiger partial charge < -0.3 is 28.5 Å². The molecule has 0 amide bonds. The van der Waals surface area contributed by atoms with Crippen molar-refractivity contribution in [1.82, 2.24) is 0 Å². The fraction of sp³-hybridized carbons (Fsp3) is 0.787. The molecule has 2 unspecified atom stereocenters. The van der Waals surface area contributed by atoms with E-state index in [2.05, 4.69) is 98.9 Å². The van der Waals surface area contributed by atoms with Crippen molar-refractivity contribution in [2.45, 2.75) is 360 Å².